The molecule has 0 fully saturated rings. The molecule has 21 heavy (non-hydrogen) atoms. The molecular weight excluding hydrogens is 288 g/mol. The van der Waals surface area contributed by atoms with E-state index in [1.54, 1.807) is 4.68 Å². The van der Waals surface area contributed by atoms with Crippen molar-refractivity contribution in [2.75, 3.05) is 0 Å². The first kappa shape index (κ1) is 13.7. The zero-order valence-corrected chi connectivity index (χ0v) is 12.5. The Balaban J connectivity index is 1.69. The van der Waals surface area contributed by atoms with Crippen molar-refractivity contribution in [1.82, 2.24) is 30.3 Å². The lowest BCUT2D eigenvalue weighted by atomic mass is 10.1. The number of benzene rings is 1. The molecule has 0 aliphatic heterocycles. The van der Waals surface area contributed by atoms with Crippen molar-refractivity contribution < 1.29 is 4.52 Å². The Labute approximate surface area is 125 Å². The molecule has 1 aromatic carbocycles. The Hall–Kier alpha value is -2.22. The minimum Gasteiger partial charge on any atom is -0.338 e. The van der Waals surface area contributed by atoms with E-state index in [0.29, 0.717) is 17.5 Å². The first-order valence-corrected chi connectivity index (χ1v) is 7.53. The van der Waals surface area contributed by atoms with Gasteiger partial charge in [0, 0.05) is 12.1 Å². The van der Waals surface area contributed by atoms with E-state index >= 15 is 0 Å². The molecule has 3 aromatic rings. The van der Waals surface area contributed by atoms with Crippen LogP contribution in [-0.4, -0.2) is 30.3 Å². The van der Waals surface area contributed by atoms with Crippen molar-refractivity contribution in [2.45, 2.75) is 31.3 Å². The number of aryl methyl sites for hydroxylation is 2. The molecule has 3 rings (SSSR count). The molecule has 0 amide bonds. The standard InChI is InChI=1S/C13H14N6OS/c1-3-19-13(15-17-18-19)21-8-11-14-12(16-20-11)10-6-4-9(2)5-7-10/h4-7H,3,8H2,1-2H3. The third kappa shape index (κ3) is 3.10. The zero-order valence-electron chi connectivity index (χ0n) is 11.7. The fourth-order valence-electron chi connectivity index (χ4n) is 1.76. The minimum atomic E-state index is 0.541. The Morgan fingerprint density at radius 1 is 1.24 bits per heavy atom. The lowest BCUT2D eigenvalue weighted by Gasteiger charge is -1.97. The van der Waals surface area contributed by atoms with Gasteiger partial charge in [-0.15, -0.1) is 5.10 Å². The van der Waals surface area contributed by atoms with Gasteiger partial charge in [-0.1, -0.05) is 46.7 Å². The highest BCUT2D eigenvalue weighted by Gasteiger charge is 2.11. The molecule has 0 unspecified atom stereocenters. The second-order valence-electron chi connectivity index (χ2n) is 4.44. The molecule has 0 aliphatic rings. The lowest BCUT2D eigenvalue weighted by Crippen LogP contribution is -1.98. The van der Waals surface area contributed by atoms with E-state index in [9.17, 15) is 0 Å². The van der Waals surface area contributed by atoms with Gasteiger partial charge in [0.05, 0.1) is 5.75 Å². The Morgan fingerprint density at radius 3 is 2.81 bits per heavy atom. The normalized spacial score (nSPS) is 11.0. The summed E-state index contributed by atoms with van der Waals surface area (Å²) in [7, 11) is 0. The van der Waals surface area contributed by atoms with E-state index in [-0.39, 0.29) is 0 Å². The SMILES string of the molecule is CCn1nnnc1SCc1nc(-c2ccc(C)cc2)no1. The first-order chi connectivity index (χ1) is 10.3. The van der Waals surface area contributed by atoms with Gasteiger partial charge in [0.1, 0.15) is 0 Å². The maximum absolute atomic E-state index is 5.26. The monoisotopic (exact) mass is 302 g/mol. The van der Waals surface area contributed by atoms with E-state index in [1.165, 1.54) is 17.3 Å². The summed E-state index contributed by atoms with van der Waals surface area (Å²) >= 11 is 1.47. The van der Waals surface area contributed by atoms with Crippen LogP contribution < -0.4 is 0 Å². The Morgan fingerprint density at radius 2 is 2.05 bits per heavy atom. The smallest absolute Gasteiger partial charge is 0.237 e. The molecule has 0 N–H and O–H groups in total. The fraction of sp³-hybridized carbons (Fsp3) is 0.308. The van der Waals surface area contributed by atoms with Gasteiger partial charge in [0.15, 0.2) is 0 Å². The van der Waals surface area contributed by atoms with Gasteiger partial charge in [-0.05, 0) is 24.3 Å². The summed E-state index contributed by atoms with van der Waals surface area (Å²) in [6, 6.07) is 8.01. The molecule has 2 heterocycles. The number of thioether (sulfide) groups is 1. The molecule has 0 atom stereocenters. The van der Waals surface area contributed by atoms with E-state index in [0.717, 1.165) is 17.3 Å². The van der Waals surface area contributed by atoms with E-state index in [1.807, 2.05) is 38.1 Å². The van der Waals surface area contributed by atoms with E-state index in [2.05, 4.69) is 25.7 Å². The quantitative estimate of drug-likeness (QED) is 0.669. The van der Waals surface area contributed by atoms with Crippen molar-refractivity contribution in [3.63, 3.8) is 0 Å². The largest absolute Gasteiger partial charge is 0.338 e. The number of hydrogen-bond donors (Lipinski definition) is 0. The third-order valence-electron chi connectivity index (χ3n) is 2.90. The van der Waals surface area contributed by atoms with Gasteiger partial charge in [0.2, 0.25) is 16.9 Å². The van der Waals surface area contributed by atoms with Crippen molar-refractivity contribution in [1.29, 1.82) is 0 Å². The Bertz CT molecular complexity index is 720. The topological polar surface area (TPSA) is 82.5 Å². The predicted octanol–water partition coefficient (Wildman–Crippen LogP) is 2.34. The highest BCUT2D eigenvalue weighted by atomic mass is 32.2. The molecule has 0 spiro atoms. The molecular formula is C13H14N6OS. The van der Waals surface area contributed by atoms with Crippen LogP contribution in [0.5, 0.6) is 0 Å². The summed E-state index contributed by atoms with van der Waals surface area (Å²) in [6.45, 7) is 4.76. The summed E-state index contributed by atoms with van der Waals surface area (Å²) in [5, 5.41) is 16.2. The summed E-state index contributed by atoms with van der Waals surface area (Å²) < 4.78 is 6.99. The van der Waals surface area contributed by atoms with Crippen molar-refractivity contribution in [3.8, 4) is 11.4 Å². The van der Waals surface area contributed by atoms with Crippen LogP contribution in [0, 0.1) is 6.92 Å². The summed E-state index contributed by atoms with van der Waals surface area (Å²) in [5.41, 5.74) is 2.14. The maximum Gasteiger partial charge on any atom is 0.237 e. The molecule has 0 aliphatic carbocycles. The highest BCUT2D eigenvalue weighted by molar-refractivity contribution is 7.98. The van der Waals surface area contributed by atoms with E-state index < -0.39 is 0 Å². The van der Waals surface area contributed by atoms with Gasteiger partial charge >= 0.3 is 0 Å². The van der Waals surface area contributed by atoms with Gasteiger partial charge in [-0.25, -0.2) is 4.68 Å². The Kier molecular flexibility index (Phi) is 3.96. The second-order valence-corrected chi connectivity index (χ2v) is 5.39. The van der Waals surface area contributed by atoms with Crippen molar-refractivity contribution in [3.05, 3.63) is 35.7 Å². The van der Waals surface area contributed by atoms with Gasteiger partial charge in [-0.3, -0.25) is 0 Å². The van der Waals surface area contributed by atoms with Crippen LogP contribution in [0.3, 0.4) is 0 Å². The van der Waals surface area contributed by atoms with E-state index in [4.69, 9.17) is 4.52 Å². The van der Waals surface area contributed by atoms with Crippen LogP contribution in [0.1, 0.15) is 18.4 Å². The predicted molar refractivity (Wildman–Crippen MR) is 77.5 cm³/mol. The molecule has 8 heteroatoms. The molecule has 0 bridgehead atoms. The van der Waals surface area contributed by atoms with Crippen LogP contribution in [0.2, 0.25) is 0 Å². The molecule has 0 saturated heterocycles. The number of aromatic nitrogens is 6. The van der Waals surface area contributed by atoms with Crippen molar-refractivity contribution >= 4 is 11.8 Å². The summed E-state index contributed by atoms with van der Waals surface area (Å²) in [4.78, 5) is 4.39. The average molecular weight is 302 g/mol. The second kappa shape index (κ2) is 6.04. The zero-order chi connectivity index (χ0) is 14.7. The molecule has 7 nitrogen and oxygen atoms in total. The minimum absolute atomic E-state index is 0.541. The van der Waals surface area contributed by atoms with Crippen LogP contribution in [0.4, 0.5) is 0 Å². The number of nitrogens with zero attached hydrogens (tertiary/aromatic N) is 6. The number of tetrazole rings is 1. The average Bonchev–Trinajstić information content (AvgIpc) is 3.14. The maximum atomic E-state index is 5.26. The van der Waals surface area contributed by atoms with Crippen LogP contribution in [-0.2, 0) is 12.3 Å². The molecule has 0 saturated carbocycles. The van der Waals surface area contributed by atoms with Crippen LogP contribution in [0.15, 0.2) is 33.9 Å². The molecule has 2 aromatic heterocycles. The summed E-state index contributed by atoms with van der Waals surface area (Å²) in [5.74, 6) is 1.70. The van der Waals surface area contributed by atoms with Crippen LogP contribution >= 0.6 is 11.8 Å². The number of rotatable bonds is 5. The van der Waals surface area contributed by atoms with Gasteiger partial charge < -0.3 is 4.52 Å². The molecule has 108 valence electrons. The van der Waals surface area contributed by atoms with Crippen LogP contribution in [0.25, 0.3) is 11.4 Å². The third-order valence-corrected chi connectivity index (χ3v) is 3.84. The van der Waals surface area contributed by atoms with Gasteiger partial charge in [0.25, 0.3) is 0 Å². The highest BCUT2D eigenvalue weighted by Crippen LogP contribution is 2.21. The lowest BCUT2D eigenvalue weighted by molar-refractivity contribution is 0.391. The first-order valence-electron chi connectivity index (χ1n) is 6.55. The fourth-order valence-corrected chi connectivity index (χ4v) is 2.54. The number of hydrogen-bond acceptors (Lipinski definition) is 7. The van der Waals surface area contributed by atoms with Gasteiger partial charge in [-0.2, -0.15) is 4.98 Å². The molecule has 0 radical (unpaired) electrons. The van der Waals surface area contributed by atoms with Crippen molar-refractivity contribution in [2.24, 2.45) is 0 Å². The summed E-state index contributed by atoms with van der Waals surface area (Å²) in [6.07, 6.45) is 0.